The number of ether oxygens (including phenoxy) is 3. The van der Waals surface area contributed by atoms with Gasteiger partial charge in [0.15, 0.2) is 12.6 Å². The highest BCUT2D eigenvalue weighted by atomic mass is 16.7. The summed E-state index contributed by atoms with van der Waals surface area (Å²) in [6.45, 7) is 0.153. The smallest absolute Gasteiger partial charge is 0.188 e. The molecule has 4 heteroatoms. The fraction of sp³-hybridized carbons (Fsp3) is 0.235. The van der Waals surface area contributed by atoms with E-state index in [4.69, 9.17) is 14.2 Å². The van der Waals surface area contributed by atoms with E-state index in [2.05, 4.69) is 0 Å². The number of Topliss-reactive ketones (excluding diaryl/α,β-unsaturated/α-hetero) is 1. The van der Waals surface area contributed by atoms with Crippen molar-refractivity contribution in [3.63, 3.8) is 0 Å². The standard InChI is InChI=1S/C17H16O4/c1-19-11-20-13-7-8-16-14(9-13)15(18)10-17(21-16)12-5-3-2-4-6-12/h2-9,17H,10-11H2,1H3. The van der Waals surface area contributed by atoms with Crippen LogP contribution < -0.4 is 9.47 Å². The largest absolute Gasteiger partial charge is 0.484 e. The Morgan fingerprint density at radius 1 is 1.19 bits per heavy atom. The second kappa shape index (κ2) is 5.97. The zero-order valence-electron chi connectivity index (χ0n) is 11.7. The van der Waals surface area contributed by atoms with Crippen LogP contribution in [0, 0.1) is 0 Å². The van der Waals surface area contributed by atoms with Gasteiger partial charge in [0.05, 0.1) is 12.0 Å². The lowest BCUT2D eigenvalue weighted by atomic mass is 9.96. The van der Waals surface area contributed by atoms with E-state index < -0.39 is 0 Å². The molecule has 0 saturated carbocycles. The quantitative estimate of drug-likeness (QED) is 0.807. The van der Waals surface area contributed by atoms with Crippen molar-refractivity contribution in [2.45, 2.75) is 12.5 Å². The molecule has 3 rings (SSSR count). The van der Waals surface area contributed by atoms with Crippen molar-refractivity contribution in [1.29, 1.82) is 0 Å². The molecule has 0 aliphatic carbocycles. The first-order valence-electron chi connectivity index (χ1n) is 6.78. The van der Waals surface area contributed by atoms with Crippen molar-refractivity contribution < 1.29 is 19.0 Å². The van der Waals surface area contributed by atoms with Gasteiger partial charge in [-0.1, -0.05) is 30.3 Å². The first-order valence-corrected chi connectivity index (χ1v) is 6.78. The number of hydrogen-bond donors (Lipinski definition) is 0. The van der Waals surface area contributed by atoms with Gasteiger partial charge >= 0.3 is 0 Å². The topological polar surface area (TPSA) is 44.8 Å². The molecule has 0 bridgehead atoms. The Hall–Kier alpha value is -2.33. The summed E-state index contributed by atoms with van der Waals surface area (Å²) in [5.74, 6) is 1.27. The van der Waals surface area contributed by atoms with E-state index in [0.29, 0.717) is 23.5 Å². The summed E-state index contributed by atoms with van der Waals surface area (Å²) in [5, 5.41) is 0. The van der Waals surface area contributed by atoms with Gasteiger partial charge in [0.1, 0.15) is 17.6 Å². The van der Waals surface area contributed by atoms with Crippen molar-refractivity contribution in [2.75, 3.05) is 13.9 Å². The Balaban J connectivity index is 1.84. The predicted octanol–water partition coefficient (Wildman–Crippen LogP) is 3.38. The molecule has 0 aromatic heterocycles. The fourth-order valence-electron chi connectivity index (χ4n) is 2.37. The lowest BCUT2D eigenvalue weighted by Crippen LogP contribution is -2.20. The SMILES string of the molecule is COCOc1ccc2c(c1)C(=O)CC(c1ccccc1)O2. The number of carbonyl (C=O) groups excluding carboxylic acids is 1. The maximum atomic E-state index is 12.3. The molecule has 1 aliphatic heterocycles. The van der Waals surface area contributed by atoms with Crippen molar-refractivity contribution in [2.24, 2.45) is 0 Å². The lowest BCUT2D eigenvalue weighted by molar-refractivity contribution is 0.0507. The number of benzene rings is 2. The molecule has 1 heterocycles. The minimum absolute atomic E-state index is 0.0629. The Labute approximate surface area is 123 Å². The number of hydrogen-bond acceptors (Lipinski definition) is 4. The molecule has 0 fully saturated rings. The van der Waals surface area contributed by atoms with Crippen molar-refractivity contribution in [3.05, 3.63) is 59.7 Å². The lowest BCUT2D eigenvalue weighted by Gasteiger charge is -2.25. The molecule has 2 aromatic carbocycles. The van der Waals surface area contributed by atoms with E-state index in [1.165, 1.54) is 0 Å². The van der Waals surface area contributed by atoms with Crippen LogP contribution in [0.25, 0.3) is 0 Å². The zero-order valence-corrected chi connectivity index (χ0v) is 11.7. The Morgan fingerprint density at radius 2 is 2.00 bits per heavy atom. The minimum atomic E-state index is -0.225. The molecular formula is C17H16O4. The third-order valence-electron chi connectivity index (χ3n) is 3.41. The number of ketones is 1. The van der Waals surface area contributed by atoms with E-state index in [1.807, 2.05) is 30.3 Å². The molecule has 0 saturated heterocycles. The average Bonchev–Trinajstić information content (AvgIpc) is 2.54. The second-order valence-corrected chi connectivity index (χ2v) is 4.85. The first-order chi connectivity index (χ1) is 10.3. The second-order valence-electron chi connectivity index (χ2n) is 4.85. The number of methoxy groups -OCH3 is 1. The van der Waals surface area contributed by atoms with Gasteiger partial charge in [-0.2, -0.15) is 0 Å². The molecule has 4 nitrogen and oxygen atoms in total. The van der Waals surface area contributed by atoms with Crippen LogP contribution in [0.1, 0.15) is 28.4 Å². The number of carbonyl (C=O) groups is 1. The van der Waals surface area contributed by atoms with Gasteiger partial charge in [0.2, 0.25) is 0 Å². The molecule has 1 aliphatic rings. The monoisotopic (exact) mass is 284 g/mol. The van der Waals surface area contributed by atoms with Gasteiger partial charge in [-0.3, -0.25) is 4.79 Å². The van der Waals surface area contributed by atoms with Crippen LogP contribution in [0.3, 0.4) is 0 Å². The van der Waals surface area contributed by atoms with Crippen LogP contribution >= 0.6 is 0 Å². The van der Waals surface area contributed by atoms with Crippen LogP contribution in [0.15, 0.2) is 48.5 Å². The Morgan fingerprint density at radius 3 is 2.76 bits per heavy atom. The van der Waals surface area contributed by atoms with E-state index in [1.54, 1.807) is 25.3 Å². The normalized spacial score (nSPS) is 17.0. The zero-order chi connectivity index (χ0) is 14.7. The Bertz CT molecular complexity index is 636. The number of rotatable bonds is 4. The van der Waals surface area contributed by atoms with Crippen LogP contribution in [0.2, 0.25) is 0 Å². The van der Waals surface area contributed by atoms with E-state index in [0.717, 1.165) is 5.56 Å². The summed E-state index contributed by atoms with van der Waals surface area (Å²) < 4.78 is 16.1. The van der Waals surface area contributed by atoms with Gasteiger partial charge in [-0.15, -0.1) is 0 Å². The minimum Gasteiger partial charge on any atom is -0.484 e. The highest BCUT2D eigenvalue weighted by Gasteiger charge is 2.27. The highest BCUT2D eigenvalue weighted by molar-refractivity contribution is 6.00. The molecule has 1 unspecified atom stereocenters. The van der Waals surface area contributed by atoms with Gasteiger partial charge in [-0.25, -0.2) is 0 Å². The average molecular weight is 284 g/mol. The molecule has 0 spiro atoms. The van der Waals surface area contributed by atoms with Crippen LogP contribution in [-0.4, -0.2) is 19.7 Å². The van der Waals surface area contributed by atoms with Crippen LogP contribution in [0.4, 0.5) is 0 Å². The van der Waals surface area contributed by atoms with Crippen LogP contribution in [-0.2, 0) is 4.74 Å². The van der Waals surface area contributed by atoms with E-state index in [9.17, 15) is 4.79 Å². The van der Waals surface area contributed by atoms with Gasteiger partial charge in [-0.05, 0) is 23.8 Å². The summed E-state index contributed by atoms with van der Waals surface area (Å²) in [6.07, 6.45) is 0.113. The maximum Gasteiger partial charge on any atom is 0.188 e. The number of fused-ring (bicyclic) bond motifs is 1. The van der Waals surface area contributed by atoms with Gasteiger partial charge in [0, 0.05) is 7.11 Å². The van der Waals surface area contributed by atoms with Crippen molar-refractivity contribution in [3.8, 4) is 11.5 Å². The fourth-order valence-corrected chi connectivity index (χ4v) is 2.37. The summed E-state index contributed by atoms with van der Waals surface area (Å²) in [6, 6.07) is 15.0. The third kappa shape index (κ3) is 2.90. The molecule has 0 N–H and O–H groups in total. The molecule has 0 radical (unpaired) electrons. The molecular weight excluding hydrogens is 268 g/mol. The molecule has 2 aromatic rings. The van der Waals surface area contributed by atoms with Crippen molar-refractivity contribution >= 4 is 5.78 Å². The molecule has 108 valence electrons. The first kappa shape index (κ1) is 13.6. The van der Waals surface area contributed by atoms with E-state index in [-0.39, 0.29) is 18.7 Å². The third-order valence-corrected chi connectivity index (χ3v) is 3.41. The van der Waals surface area contributed by atoms with Crippen molar-refractivity contribution in [1.82, 2.24) is 0 Å². The predicted molar refractivity (Wildman–Crippen MR) is 77.7 cm³/mol. The summed E-state index contributed by atoms with van der Waals surface area (Å²) in [7, 11) is 1.55. The summed E-state index contributed by atoms with van der Waals surface area (Å²) >= 11 is 0. The van der Waals surface area contributed by atoms with Gasteiger partial charge in [0.25, 0.3) is 0 Å². The molecule has 1 atom stereocenters. The Kier molecular flexibility index (Phi) is 3.88. The molecule has 21 heavy (non-hydrogen) atoms. The molecule has 0 amide bonds. The maximum absolute atomic E-state index is 12.3. The summed E-state index contributed by atoms with van der Waals surface area (Å²) in [5.41, 5.74) is 1.58. The summed E-state index contributed by atoms with van der Waals surface area (Å²) in [4.78, 5) is 12.3. The van der Waals surface area contributed by atoms with E-state index >= 15 is 0 Å². The highest BCUT2D eigenvalue weighted by Crippen LogP contribution is 2.36. The van der Waals surface area contributed by atoms with Gasteiger partial charge < -0.3 is 14.2 Å². The van der Waals surface area contributed by atoms with Crippen LogP contribution in [0.5, 0.6) is 11.5 Å².